The lowest BCUT2D eigenvalue weighted by Gasteiger charge is -2.27. The van der Waals surface area contributed by atoms with Crippen LogP contribution in [0.1, 0.15) is 11.1 Å². The maximum absolute atomic E-state index is 11.4. The van der Waals surface area contributed by atoms with Crippen molar-refractivity contribution in [3.05, 3.63) is 29.3 Å². The molecule has 1 aromatic carbocycles. The molecule has 0 radical (unpaired) electrons. The first-order valence-corrected chi connectivity index (χ1v) is 7.16. The molecule has 2 N–H and O–H groups in total. The van der Waals surface area contributed by atoms with E-state index in [-0.39, 0.29) is 0 Å². The molecule has 0 saturated carbocycles. The van der Waals surface area contributed by atoms with Crippen LogP contribution in [0.3, 0.4) is 0 Å². The molecule has 92 valence electrons. The summed E-state index contributed by atoms with van der Waals surface area (Å²) in [6.45, 7) is 0.798. The number of nitrogens with zero attached hydrogens (tertiary/aromatic N) is 1. The maximum Gasteiger partial charge on any atom is 0.488 e. The van der Waals surface area contributed by atoms with E-state index in [4.69, 9.17) is 10.0 Å². The van der Waals surface area contributed by atoms with Gasteiger partial charge in [-0.3, -0.25) is 0 Å². The molecule has 0 spiro atoms. The van der Waals surface area contributed by atoms with Gasteiger partial charge in [-0.25, -0.2) is 8.42 Å². The Morgan fingerprint density at radius 1 is 1.29 bits per heavy atom. The minimum absolute atomic E-state index is 0.357. The maximum atomic E-state index is 11.4. The normalized spacial score (nSPS) is 16.6. The van der Waals surface area contributed by atoms with Gasteiger partial charge in [-0.2, -0.15) is 4.31 Å². The van der Waals surface area contributed by atoms with E-state index < -0.39 is 17.1 Å². The summed E-state index contributed by atoms with van der Waals surface area (Å²) in [5.41, 5.74) is 2.35. The van der Waals surface area contributed by atoms with Gasteiger partial charge in [-0.1, -0.05) is 18.2 Å². The predicted molar refractivity (Wildman–Crippen MR) is 65.2 cm³/mol. The zero-order valence-electron chi connectivity index (χ0n) is 9.50. The van der Waals surface area contributed by atoms with Crippen molar-refractivity contribution >= 4 is 22.6 Å². The molecule has 0 unspecified atom stereocenters. The van der Waals surface area contributed by atoms with E-state index in [1.165, 1.54) is 10.6 Å². The fraction of sp³-hybridized carbons (Fsp3) is 0.400. The number of sulfonamides is 1. The summed E-state index contributed by atoms with van der Waals surface area (Å²) < 4.78 is 24.3. The lowest BCUT2D eigenvalue weighted by Crippen LogP contribution is -2.37. The third kappa shape index (κ3) is 2.69. The Hall–Kier alpha value is -0.885. The number of rotatable bonds is 2. The summed E-state index contributed by atoms with van der Waals surface area (Å²) in [5, 5.41) is 18.1. The molecule has 0 saturated heterocycles. The molecule has 0 fully saturated rings. The third-order valence-electron chi connectivity index (χ3n) is 2.97. The molecule has 0 atom stereocenters. The second-order valence-electron chi connectivity index (χ2n) is 4.25. The smallest absolute Gasteiger partial charge is 0.423 e. The van der Waals surface area contributed by atoms with Gasteiger partial charge in [0.25, 0.3) is 0 Å². The van der Waals surface area contributed by atoms with Crippen molar-refractivity contribution in [2.45, 2.75) is 13.0 Å². The molecular formula is C10H14BNO4S. The molecule has 0 aromatic heterocycles. The first-order valence-electron chi connectivity index (χ1n) is 5.31. The summed E-state index contributed by atoms with van der Waals surface area (Å²) in [7, 11) is -4.64. The van der Waals surface area contributed by atoms with Crippen molar-refractivity contribution in [2.75, 3.05) is 12.8 Å². The summed E-state index contributed by atoms with van der Waals surface area (Å²) in [4.78, 5) is 0. The molecule has 17 heavy (non-hydrogen) atoms. The second-order valence-corrected chi connectivity index (χ2v) is 6.23. The lowest BCUT2D eigenvalue weighted by atomic mass is 9.78. The lowest BCUT2D eigenvalue weighted by molar-refractivity contribution is 0.394. The van der Waals surface area contributed by atoms with Gasteiger partial charge in [0.2, 0.25) is 10.0 Å². The molecule has 7 heteroatoms. The third-order valence-corrected chi connectivity index (χ3v) is 4.22. The Labute approximate surface area is 101 Å². The van der Waals surface area contributed by atoms with E-state index in [0.29, 0.717) is 25.0 Å². The second kappa shape index (κ2) is 4.42. The minimum Gasteiger partial charge on any atom is -0.423 e. The van der Waals surface area contributed by atoms with E-state index in [9.17, 15) is 8.42 Å². The largest absolute Gasteiger partial charge is 0.488 e. The highest BCUT2D eigenvalue weighted by molar-refractivity contribution is 7.88. The van der Waals surface area contributed by atoms with Crippen LogP contribution >= 0.6 is 0 Å². The van der Waals surface area contributed by atoms with Gasteiger partial charge in [0.05, 0.1) is 6.26 Å². The fourth-order valence-corrected chi connectivity index (χ4v) is 2.79. The Morgan fingerprint density at radius 3 is 2.59 bits per heavy atom. The molecule has 5 nitrogen and oxygen atoms in total. The van der Waals surface area contributed by atoms with Crippen molar-refractivity contribution < 1.29 is 18.5 Å². The Balaban J connectivity index is 2.29. The first-order chi connectivity index (χ1) is 7.88. The summed E-state index contributed by atoms with van der Waals surface area (Å²) in [6, 6.07) is 5.08. The van der Waals surface area contributed by atoms with Crippen LogP contribution in [0, 0.1) is 0 Å². The van der Waals surface area contributed by atoms with Gasteiger partial charge in [0.1, 0.15) is 0 Å². The van der Waals surface area contributed by atoms with Crippen molar-refractivity contribution in [1.29, 1.82) is 0 Å². The molecule has 0 bridgehead atoms. The monoisotopic (exact) mass is 255 g/mol. The van der Waals surface area contributed by atoms with Crippen LogP contribution in [0.4, 0.5) is 0 Å². The molecule has 0 amide bonds. The minimum atomic E-state index is -3.16. The average molecular weight is 255 g/mol. The fourth-order valence-electron chi connectivity index (χ4n) is 1.99. The van der Waals surface area contributed by atoms with E-state index >= 15 is 0 Å². The zero-order chi connectivity index (χ0) is 12.6. The molecule has 1 aliphatic rings. The standard InChI is InChI=1S/C10H14BNO4S/c1-17(15,16)12-5-4-8-6-10(11(13)14)3-2-9(8)7-12/h2-3,6,13-14H,4-5,7H2,1H3. The zero-order valence-corrected chi connectivity index (χ0v) is 10.3. The molecule has 1 heterocycles. The highest BCUT2D eigenvalue weighted by Crippen LogP contribution is 2.19. The van der Waals surface area contributed by atoms with Gasteiger partial charge in [-0.15, -0.1) is 0 Å². The van der Waals surface area contributed by atoms with Gasteiger partial charge in [0.15, 0.2) is 0 Å². The Morgan fingerprint density at radius 2 is 2.00 bits per heavy atom. The average Bonchev–Trinajstić information content (AvgIpc) is 2.26. The predicted octanol–water partition coefficient (Wildman–Crippen LogP) is -1.32. The van der Waals surface area contributed by atoms with E-state index in [1.54, 1.807) is 18.2 Å². The van der Waals surface area contributed by atoms with Gasteiger partial charge >= 0.3 is 7.12 Å². The quantitative estimate of drug-likeness (QED) is 0.643. The van der Waals surface area contributed by atoms with Gasteiger partial charge in [0, 0.05) is 13.1 Å². The van der Waals surface area contributed by atoms with Crippen molar-refractivity contribution in [1.82, 2.24) is 4.31 Å². The molecule has 1 aliphatic heterocycles. The number of hydrogen-bond acceptors (Lipinski definition) is 4. The molecule has 0 aliphatic carbocycles. The van der Waals surface area contributed by atoms with Crippen LogP contribution in [0.15, 0.2) is 18.2 Å². The Bertz CT molecular complexity index is 529. The van der Waals surface area contributed by atoms with Gasteiger partial charge in [-0.05, 0) is 23.0 Å². The summed E-state index contributed by atoms with van der Waals surface area (Å²) >= 11 is 0. The molecular weight excluding hydrogens is 241 g/mol. The van der Waals surface area contributed by atoms with Crippen molar-refractivity contribution in [2.24, 2.45) is 0 Å². The van der Waals surface area contributed by atoms with Crippen molar-refractivity contribution in [3.8, 4) is 0 Å². The van der Waals surface area contributed by atoms with E-state index in [0.717, 1.165) is 11.1 Å². The summed E-state index contributed by atoms with van der Waals surface area (Å²) in [6.07, 6.45) is 1.80. The Kier molecular flexibility index (Phi) is 3.26. The highest BCUT2D eigenvalue weighted by atomic mass is 32.2. The highest BCUT2D eigenvalue weighted by Gasteiger charge is 2.24. The first kappa shape index (κ1) is 12.6. The number of fused-ring (bicyclic) bond motifs is 1. The van der Waals surface area contributed by atoms with Crippen LogP contribution in [0.2, 0.25) is 0 Å². The number of benzene rings is 1. The van der Waals surface area contributed by atoms with E-state index in [1.807, 2.05) is 0 Å². The summed E-state index contributed by atoms with van der Waals surface area (Å²) in [5.74, 6) is 0. The topological polar surface area (TPSA) is 77.8 Å². The molecule has 2 rings (SSSR count). The van der Waals surface area contributed by atoms with E-state index in [2.05, 4.69) is 0 Å². The van der Waals surface area contributed by atoms with Crippen LogP contribution in [0.5, 0.6) is 0 Å². The van der Waals surface area contributed by atoms with Crippen LogP contribution in [0.25, 0.3) is 0 Å². The SMILES string of the molecule is CS(=O)(=O)N1CCc2cc(B(O)O)ccc2C1. The number of hydrogen-bond donors (Lipinski definition) is 2. The van der Waals surface area contributed by atoms with Crippen LogP contribution < -0.4 is 5.46 Å². The molecule has 1 aromatic rings. The van der Waals surface area contributed by atoms with Crippen LogP contribution in [-0.4, -0.2) is 42.7 Å². The van der Waals surface area contributed by atoms with Crippen LogP contribution in [-0.2, 0) is 23.0 Å². The van der Waals surface area contributed by atoms with Crippen molar-refractivity contribution in [3.63, 3.8) is 0 Å². The van der Waals surface area contributed by atoms with Gasteiger partial charge < -0.3 is 10.0 Å².